The first-order valence-electron chi connectivity index (χ1n) is 9.10. The molecule has 5 heteroatoms. The zero-order valence-corrected chi connectivity index (χ0v) is 14.8. The lowest BCUT2D eigenvalue weighted by molar-refractivity contribution is -0.935. The van der Waals surface area contributed by atoms with Crippen LogP contribution in [0.1, 0.15) is 50.0 Å². The Bertz CT molecular complexity index is 820. The first kappa shape index (κ1) is 15.3. The Hall–Kier alpha value is -1.98. The highest BCUT2D eigenvalue weighted by molar-refractivity contribution is 7.10. The lowest BCUT2D eigenvalue weighted by atomic mass is 9.96. The van der Waals surface area contributed by atoms with Crippen LogP contribution in [0.5, 0.6) is 0 Å². The third kappa shape index (κ3) is 2.45. The summed E-state index contributed by atoms with van der Waals surface area (Å²) in [4.78, 5) is 29.7. The van der Waals surface area contributed by atoms with Crippen LogP contribution in [-0.4, -0.2) is 36.3 Å². The minimum absolute atomic E-state index is 0.129. The Labute approximate surface area is 151 Å². The highest BCUT2D eigenvalue weighted by atomic mass is 32.1. The number of amides is 2. The number of nitrogens with zero attached hydrogens (tertiary/aromatic N) is 1. The van der Waals surface area contributed by atoms with E-state index < -0.39 is 0 Å². The zero-order valence-electron chi connectivity index (χ0n) is 14.0. The summed E-state index contributed by atoms with van der Waals surface area (Å²) in [5.41, 5.74) is 2.64. The highest BCUT2D eigenvalue weighted by Crippen LogP contribution is 2.42. The molecule has 1 saturated carbocycles. The summed E-state index contributed by atoms with van der Waals surface area (Å²) >= 11 is 1.88. The molecule has 1 aromatic heterocycles. The summed E-state index contributed by atoms with van der Waals surface area (Å²) in [5, 5.41) is 2.22. The maximum Gasteiger partial charge on any atom is 0.261 e. The number of fused-ring (bicyclic) bond motifs is 2. The van der Waals surface area contributed by atoms with Gasteiger partial charge in [0.1, 0.15) is 6.04 Å². The van der Waals surface area contributed by atoms with Gasteiger partial charge in [0.05, 0.1) is 30.8 Å². The van der Waals surface area contributed by atoms with E-state index in [9.17, 15) is 9.59 Å². The normalized spacial score (nSPS) is 25.2. The number of thiophene rings is 1. The van der Waals surface area contributed by atoms with Crippen molar-refractivity contribution in [3.63, 3.8) is 0 Å². The molecule has 128 valence electrons. The van der Waals surface area contributed by atoms with E-state index in [2.05, 4.69) is 11.4 Å². The van der Waals surface area contributed by atoms with Crippen molar-refractivity contribution < 1.29 is 14.5 Å². The molecule has 1 aromatic carbocycles. The molecule has 1 unspecified atom stereocenters. The van der Waals surface area contributed by atoms with Crippen molar-refractivity contribution in [2.24, 2.45) is 5.92 Å². The van der Waals surface area contributed by atoms with Gasteiger partial charge in [0.2, 0.25) is 0 Å². The first-order chi connectivity index (χ1) is 12.2. The second kappa shape index (κ2) is 5.78. The molecule has 2 amide bonds. The van der Waals surface area contributed by atoms with Crippen molar-refractivity contribution >= 4 is 23.2 Å². The van der Waals surface area contributed by atoms with Gasteiger partial charge in [0.25, 0.3) is 11.8 Å². The Kier molecular flexibility index (Phi) is 3.54. The molecule has 1 aliphatic carbocycles. The number of quaternary nitrogens is 1. The highest BCUT2D eigenvalue weighted by Gasteiger charge is 2.44. The predicted octanol–water partition coefficient (Wildman–Crippen LogP) is 1.94. The molecule has 1 N–H and O–H groups in total. The van der Waals surface area contributed by atoms with Crippen molar-refractivity contribution in [3.8, 4) is 0 Å². The fraction of sp³-hybridized carbons (Fsp3) is 0.400. The van der Waals surface area contributed by atoms with E-state index in [1.54, 1.807) is 21.9 Å². The van der Waals surface area contributed by atoms with Gasteiger partial charge >= 0.3 is 0 Å². The number of imide groups is 1. The number of benzene rings is 1. The van der Waals surface area contributed by atoms with Crippen LogP contribution in [0.15, 0.2) is 35.7 Å². The number of hydrogen-bond donors (Lipinski definition) is 1. The number of rotatable bonds is 4. The van der Waals surface area contributed by atoms with Crippen molar-refractivity contribution in [1.29, 1.82) is 0 Å². The molecule has 0 saturated heterocycles. The fourth-order valence-electron chi connectivity index (χ4n) is 4.48. The van der Waals surface area contributed by atoms with Crippen LogP contribution in [0.4, 0.5) is 0 Å². The van der Waals surface area contributed by atoms with E-state index in [4.69, 9.17) is 0 Å². The molecule has 2 aromatic rings. The van der Waals surface area contributed by atoms with E-state index >= 15 is 0 Å². The van der Waals surface area contributed by atoms with Crippen LogP contribution in [-0.2, 0) is 6.42 Å². The smallest absolute Gasteiger partial charge is 0.261 e. The Morgan fingerprint density at radius 3 is 2.48 bits per heavy atom. The third-order valence-electron chi connectivity index (χ3n) is 5.86. The van der Waals surface area contributed by atoms with Gasteiger partial charge in [0.15, 0.2) is 0 Å². The van der Waals surface area contributed by atoms with Crippen LogP contribution < -0.4 is 4.90 Å². The van der Waals surface area contributed by atoms with E-state index in [-0.39, 0.29) is 11.8 Å². The number of nitrogens with one attached hydrogen (secondary N) is 1. The lowest BCUT2D eigenvalue weighted by Crippen LogP contribution is -3.14. The molecular weight excluding hydrogens is 332 g/mol. The zero-order chi connectivity index (χ0) is 17.0. The van der Waals surface area contributed by atoms with Gasteiger partial charge in [-0.25, -0.2) is 0 Å². The molecule has 0 radical (unpaired) electrons. The van der Waals surface area contributed by atoms with Gasteiger partial charge in [-0.05, 0) is 36.4 Å². The van der Waals surface area contributed by atoms with Crippen molar-refractivity contribution in [3.05, 3.63) is 57.3 Å². The molecule has 0 spiro atoms. The second-order valence-electron chi connectivity index (χ2n) is 7.33. The van der Waals surface area contributed by atoms with Crippen LogP contribution in [0.25, 0.3) is 0 Å². The summed E-state index contributed by atoms with van der Waals surface area (Å²) in [7, 11) is 0. The molecule has 3 heterocycles. The van der Waals surface area contributed by atoms with Gasteiger partial charge in [-0.3, -0.25) is 14.5 Å². The Balaban J connectivity index is 1.34. The SMILES string of the molecule is O=C1c2ccccc2C(=O)N1CC[NH+]1CCc2sccc2[C@H]1C1CC1. The molecule has 2 atom stereocenters. The third-order valence-corrected chi connectivity index (χ3v) is 6.85. The van der Waals surface area contributed by atoms with Crippen molar-refractivity contribution in [1.82, 2.24) is 4.90 Å². The van der Waals surface area contributed by atoms with E-state index in [0.29, 0.717) is 23.7 Å². The summed E-state index contributed by atoms with van der Waals surface area (Å²) in [6.45, 7) is 2.48. The van der Waals surface area contributed by atoms with E-state index in [0.717, 1.165) is 25.4 Å². The standard InChI is InChI=1S/C20H20N2O2S/c23-19-14-3-1-2-4-15(14)20(24)22(19)11-10-21-9-7-17-16(8-12-25-17)18(21)13-5-6-13/h1-4,8,12-13,18H,5-7,9-11H2/p+1/t18-/m1/s1. The fourth-order valence-corrected chi connectivity index (χ4v) is 5.41. The molecule has 5 rings (SSSR count). The molecule has 3 aliphatic rings. The quantitative estimate of drug-likeness (QED) is 0.854. The average molecular weight is 353 g/mol. The van der Waals surface area contributed by atoms with Crippen molar-refractivity contribution in [2.75, 3.05) is 19.6 Å². The topological polar surface area (TPSA) is 41.8 Å². The maximum atomic E-state index is 12.6. The predicted molar refractivity (Wildman–Crippen MR) is 96.0 cm³/mol. The number of hydrogen-bond acceptors (Lipinski definition) is 3. The summed E-state index contributed by atoms with van der Waals surface area (Å²) in [6, 6.07) is 10.0. The summed E-state index contributed by atoms with van der Waals surface area (Å²) < 4.78 is 0. The minimum Gasteiger partial charge on any atom is -0.327 e. The molecule has 4 nitrogen and oxygen atoms in total. The Morgan fingerprint density at radius 1 is 1.08 bits per heavy atom. The largest absolute Gasteiger partial charge is 0.327 e. The lowest BCUT2D eigenvalue weighted by Gasteiger charge is -2.33. The molecule has 25 heavy (non-hydrogen) atoms. The van der Waals surface area contributed by atoms with Gasteiger partial charge in [0, 0.05) is 22.8 Å². The maximum absolute atomic E-state index is 12.6. The molecule has 2 aliphatic heterocycles. The summed E-state index contributed by atoms with van der Waals surface area (Å²) in [6.07, 6.45) is 3.75. The molecule has 0 bridgehead atoms. The first-order valence-corrected chi connectivity index (χ1v) is 9.98. The van der Waals surface area contributed by atoms with E-state index in [1.165, 1.54) is 23.3 Å². The minimum atomic E-state index is -0.129. The molecule has 1 fully saturated rings. The summed E-state index contributed by atoms with van der Waals surface area (Å²) in [5.74, 6) is 0.526. The van der Waals surface area contributed by atoms with Crippen LogP contribution in [0.3, 0.4) is 0 Å². The average Bonchev–Trinajstić information content (AvgIpc) is 3.31. The van der Waals surface area contributed by atoms with Crippen LogP contribution in [0, 0.1) is 5.92 Å². The monoisotopic (exact) mass is 353 g/mol. The van der Waals surface area contributed by atoms with Gasteiger partial charge in [-0.2, -0.15) is 0 Å². The second-order valence-corrected chi connectivity index (χ2v) is 8.33. The van der Waals surface area contributed by atoms with Gasteiger partial charge in [-0.1, -0.05) is 12.1 Å². The molecular formula is C20H21N2O2S+. The Morgan fingerprint density at radius 2 is 1.80 bits per heavy atom. The van der Waals surface area contributed by atoms with Crippen molar-refractivity contribution in [2.45, 2.75) is 25.3 Å². The number of carbonyl (C=O) groups excluding carboxylic acids is 2. The van der Waals surface area contributed by atoms with Gasteiger partial charge in [-0.15, -0.1) is 11.3 Å². The van der Waals surface area contributed by atoms with E-state index in [1.807, 2.05) is 23.5 Å². The van der Waals surface area contributed by atoms with Crippen LogP contribution in [0.2, 0.25) is 0 Å². The van der Waals surface area contributed by atoms with Crippen LogP contribution >= 0.6 is 11.3 Å². The number of carbonyl (C=O) groups is 2. The van der Waals surface area contributed by atoms with Gasteiger partial charge < -0.3 is 4.90 Å².